The summed E-state index contributed by atoms with van der Waals surface area (Å²) >= 11 is 1.56. The second-order valence-corrected chi connectivity index (χ2v) is 7.55. The fourth-order valence-electron chi connectivity index (χ4n) is 2.37. The van der Waals surface area contributed by atoms with Gasteiger partial charge in [0, 0.05) is 16.6 Å². The number of fused-ring (bicyclic) bond motifs is 1. The molecule has 10 heteroatoms. The molecular formula is C15H12N6O2S2. The van der Waals surface area contributed by atoms with E-state index in [-0.39, 0.29) is 4.90 Å². The monoisotopic (exact) mass is 372 g/mol. The van der Waals surface area contributed by atoms with Crippen LogP contribution < -0.4 is 10.5 Å². The van der Waals surface area contributed by atoms with Gasteiger partial charge in [-0.3, -0.25) is 0 Å². The van der Waals surface area contributed by atoms with E-state index in [0.29, 0.717) is 28.5 Å². The summed E-state index contributed by atoms with van der Waals surface area (Å²) < 4.78 is 23.0. The van der Waals surface area contributed by atoms with Gasteiger partial charge in [-0.05, 0) is 29.6 Å². The molecule has 4 aromatic rings. The number of H-pyrrole nitrogens is 1. The summed E-state index contributed by atoms with van der Waals surface area (Å²) in [7, 11) is -3.78. The molecule has 0 saturated heterocycles. The van der Waals surface area contributed by atoms with Crippen molar-refractivity contribution in [2.75, 3.05) is 5.32 Å². The molecule has 3 aromatic heterocycles. The third kappa shape index (κ3) is 3.09. The van der Waals surface area contributed by atoms with Crippen molar-refractivity contribution in [2.24, 2.45) is 5.14 Å². The van der Waals surface area contributed by atoms with E-state index in [9.17, 15) is 8.42 Å². The van der Waals surface area contributed by atoms with Crippen molar-refractivity contribution in [3.8, 4) is 11.3 Å². The van der Waals surface area contributed by atoms with Crippen molar-refractivity contribution in [1.29, 1.82) is 0 Å². The van der Waals surface area contributed by atoms with Crippen LogP contribution in [0, 0.1) is 0 Å². The van der Waals surface area contributed by atoms with E-state index in [1.807, 2.05) is 16.8 Å². The number of nitrogens with one attached hydrogen (secondary N) is 2. The van der Waals surface area contributed by atoms with Gasteiger partial charge in [0.05, 0.1) is 11.2 Å². The molecule has 126 valence electrons. The van der Waals surface area contributed by atoms with Crippen LogP contribution in [0.1, 0.15) is 0 Å². The Kier molecular flexibility index (Phi) is 3.71. The van der Waals surface area contributed by atoms with Crippen LogP contribution >= 0.6 is 11.3 Å². The maximum atomic E-state index is 11.5. The molecule has 0 aliphatic rings. The number of primary sulfonamides is 1. The molecule has 4 N–H and O–H groups in total. The van der Waals surface area contributed by atoms with Crippen molar-refractivity contribution in [3.63, 3.8) is 0 Å². The number of nitrogens with zero attached hydrogens (tertiary/aromatic N) is 3. The lowest BCUT2D eigenvalue weighted by Gasteiger charge is -2.08. The smallest absolute Gasteiger partial charge is 0.238 e. The minimum atomic E-state index is -3.78. The molecule has 0 radical (unpaired) electrons. The first kappa shape index (κ1) is 15.7. The van der Waals surface area contributed by atoms with Crippen LogP contribution in [0.25, 0.3) is 22.4 Å². The Hall–Kier alpha value is -2.82. The number of thiophene rings is 1. The lowest BCUT2D eigenvalue weighted by Crippen LogP contribution is -2.12. The van der Waals surface area contributed by atoms with Gasteiger partial charge in [0.1, 0.15) is 11.2 Å². The summed E-state index contributed by atoms with van der Waals surface area (Å²) in [6.45, 7) is 0. The Labute approximate surface area is 146 Å². The highest BCUT2D eigenvalue weighted by Crippen LogP contribution is 2.28. The van der Waals surface area contributed by atoms with E-state index in [1.54, 1.807) is 29.8 Å². The first-order valence-electron chi connectivity index (χ1n) is 7.14. The normalized spacial score (nSPS) is 11.7. The number of imidazole rings is 1. The van der Waals surface area contributed by atoms with E-state index < -0.39 is 10.0 Å². The van der Waals surface area contributed by atoms with Crippen LogP contribution in [0.4, 0.5) is 11.6 Å². The summed E-state index contributed by atoms with van der Waals surface area (Å²) in [4.78, 5) is 16.2. The van der Waals surface area contributed by atoms with Crippen LogP contribution in [-0.2, 0) is 10.0 Å². The number of nitrogens with two attached hydrogens (primary N) is 1. The molecule has 1 aromatic carbocycles. The molecule has 0 aliphatic heterocycles. The highest BCUT2D eigenvalue weighted by molar-refractivity contribution is 7.89. The van der Waals surface area contributed by atoms with Crippen molar-refractivity contribution in [1.82, 2.24) is 19.9 Å². The molecule has 0 aliphatic carbocycles. The quantitative estimate of drug-likeness (QED) is 0.505. The summed E-state index contributed by atoms with van der Waals surface area (Å²) in [5.41, 5.74) is 3.40. The van der Waals surface area contributed by atoms with E-state index in [1.165, 1.54) is 12.1 Å². The highest BCUT2D eigenvalue weighted by Gasteiger charge is 2.13. The zero-order valence-corrected chi connectivity index (χ0v) is 14.3. The fourth-order valence-corrected chi connectivity index (χ4v) is 3.57. The number of aromatic amines is 1. The standard InChI is InChI=1S/C15H12N6O2S2/c16-25(22,23)11-3-1-2-10(6-11)19-15-20-12(9-4-5-24-7-9)13-14(21-15)18-8-17-13/h1-8H,(H2,16,22,23)(H2,17,18,19,20,21). The lowest BCUT2D eigenvalue weighted by atomic mass is 10.2. The zero-order chi connectivity index (χ0) is 17.4. The third-order valence-electron chi connectivity index (χ3n) is 3.49. The third-order valence-corrected chi connectivity index (χ3v) is 5.09. The fraction of sp³-hybridized carbons (Fsp3) is 0. The number of hydrogen-bond donors (Lipinski definition) is 3. The van der Waals surface area contributed by atoms with Crippen LogP contribution in [0.15, 0.2) is 52.3 Å². The summed E-state index contributed by atoms with van der Waals surface area (Å²) in [6.07, 6.45) is 1.56. The molecule has 0 bridgehead atoms. The molecule has 0 unspecified atom stereocenters. The first-order valence-corrected chi connectivity index (χ1v) is 9.63. The maximum Gasteiger partial charge on any atom is 0.238 e. The topological polar surface area (TPSA) is 127 Å². The first-order chi connectivity index (χ1) is 12.0. The van der Waals surface area contributed by atoms with E-state index >= 15 is 0 Å². The van der Waals surface area contributed by atoms with Gasteiger partial charge in [0.15, 0.2) is 5.65 Å². The molecule has 0 fully saturated rings. The minimum Gasteiger partial charge on any atom is -0.329 e. The van der Waals surface area contributed by atoms with Gasteiger partial charge in [-0.15, -0.1) is 0 Å². The molecule has 0 amide bonds. The average Bonchev–Trinajstić information content (AvgIpc) is 3.25. The molecule has 25 heavy (non-hydrogen) atoms. The molecular weight excluding hydrogens is 360 g/mol. The van der Waals surface area contributed by atoms with Gasteiger partial charge in [0.2, 0.25) is 16.0 Å². The number of hydrogen-bond acceptors (Lipinski definition) is 7. The van der Waals surface area contributed by atoms with Gasteiger partial charge < -0.3 is 10.3 Å². The van der Waals surface area contributed by atoms with Gasteiger partial charge in [-0.25, -0.2) is 23.5 Å². The van der Waals surface area contributed by atoms with Crippen LogP contribution in [-0.4, -0.2) is 28.4 Å². The summed E-state index contributed by atoms with van der Waals surface area (Å²) in [6, 6.07) is 8.11. The minimum absolute atomic E-state index is 0.0122. The highest BCUT2D eigenvalue weighted by atomic mass is 32.2. The number of benzene rings is 1. The van der Waals surface area contributed by atoms with Crippen LogP contribution in [0.3, 0.4) is 0 Å². The predicted octanol–water partition coefficient (Wildman–Crippen LogP) is 2.47. The second kappa shape index (κ2) is 5.92. The number of aromatic nitrogens is 4. The molecule has 0 spiro atoms. The summed E-state index contributed by atoms with van der Waals surface area (Å²) in [5.74, 6) is 0.324. The van der Waals surface area contributed by atoms with E-state index in [2.05, 4.69) is 25.3 Å². The predicted molar refractivity (Wildman–Crippen MR) is 96.1 cm³/mol. The molecule has 4 rings (SSSR count). The molecule has 8 nitrogen and oxygen atoms in total. The second-order valence-electron chi connectivity index (χ2n) is 5.21. The number of rotatable bonds is 4. The number of sulfonamides is 1. The Morgan fingerprint density at radius 3 is 2.84 bits per heavy atom. The zero-order valence-electron chi connectivity index (χ0n) is 12.7. The number of anilines is 2. The van der Waals surface area contributed by atoms with Crippen molar-refractivity contribution >= 4 is 44.2 Å². The Morgan fingerprint density at radius 1 is 1.20 bits per heavy atom. The summed E-state index contributed by atoms with van der Waals surface area (Å²) in [5, 5.41) is 12.1. The molecule has 0 atom stereocenters. The van der Waals surface area contributed by atoms with Crippen LogP contribution in [0.5, 0.6) is 0 Å². The van der Waals surface area contributed by atoms with Gasteiger partial charge >= 0.3 is 0 Å². The SMILES string of the molecule is NS(=O)(=O)c1cccc(Nc2nc(-c3ccsc3)c3nc[nH]c3n2)c1. The lowest BCUT2D eigenvalue weighted by molar-refractivity contribution is 0.598. The largest absolute Gasteiger partial charge is 0.329 e. The Bertz CT molecular complexity index is 1150. The molecule has 0 saturated carbocycles. The van der Waals surface area contributed by atoms with Crippen LogP contribution in [0.2, 0.25) is 0 Å². The maximum absolute atomic E-state index is 11.5. The van der Waals surface area contributed by atoms with Gasteiger partial charge in [-0.2, -0.15) is 16.3 Å². The van der Waals surface area contributed by atoms with Crippen molar-refractivity contribution in [3.05, 3.63) is 47.4 Å². The van der Waals surface area contributed by atoms with Crippen molar-refractivity contribution < 1.29 is 8.42 Å². The van der Waals surface area contributed by atoms with Crippen molar-refractivity contribution in [2.45, 2.75) is 4.90 Å². The van der Waals surface area contributed by atoms with Gasteiger partial charge in [-0.1, -0.05) is 6.07 Å². The van der Waals surface area contributed by atoms with E-state index in [0.717, 1.165) is 5.56 Å². The van der Waals surface area contributed by atoms with E-state index in [4.69, 9.17) is 5.14 Å². The average molecular weight is 372 g/mol. The van der Waals surface area contributed by atoms with Gasteiger partial charge in [0.25, 0.3) is 0 Å². The Balaban J connectivity index is 1.78. The molecule has 3 heterocycles. The Morgan fingerprint density at radius 2 is 2.08 bits per heavy atom.